The molecule has 8 heteroatoms. The third-order valence-corrected chi connectivity index (χ3v) is 6.16. The average molecular weight is 468 g/mol. The number of nitrogens with one attached hydrogen (secondary N) is 2. The van der Waals surface area contributed by atoms with Gasteiger partial charge in [0.15, 0.2) is 0 Å². The van der Waals surface area contributed by atoms with Crippen LogP contribution >= 0.6 is 0 Å². The Hall–Kier alpha value is -3.39. The summed E-state index contributed by atoms with van der Waals surface area (Å²) in [7, 11) is 1.94. The zero-order chi connectivity index (χ0) is 24.8. The third kappa shape index (κ3) is 6.14. The molecule has 3 rings (SSSR count). The normalized spacial score (nSPS) is 14.3. The van der Waals surface area contributed by atoms with Crippen LogP contribution in [0.15, 0.2) is 48.5 Å². The van der Waals surface area contributed by atoms with Gasteiger partial charge in [-0.05, 0) is 50.1 Å². The summed E-state index contributed by atoms with van der Waals surface area (Å²) >= 11 is 0. The van der Waals surface area contributed by atoms with Crippen molar-refractivity contribution in [1.82, 2.24) is 15.5 Å². The number of carbonyl (C=O) groups is 3. The number of likely N-dealkylation sites (N-methyl/N-ethyl adjacent to an activating group) is 1. The van der Waals surface area contributed by atoms with Gasteiger partial charge in [0.2, 0.25) is 5.91 Å². The molecule has 3 N–H and O–H groups in total. The number of hydrogen-bond acceptors (Lipinski definition) is 5. The standard InChI is InChI=1S/C26H33N3O5/c1-16(2)29(4)14-17(3)27-25(32)23(13-24(30)31)28-26(33)34-15-22-20-11-7-5-9-18(20)19-10-6-8-12-21(19)22/h5-12,16-17,22-23H,13-15H2,1-4H3,(H,27,32)(H,28,33)(H,30,31)/t17-,23?/m0/s1. The molecule has 1 unspecified atom stereocenters. The Bertz CT molecular complexity index is 993. The molecular formula is C26H33N3O5. The van der Waals surface area contributed by atoms with E-state index in [1.54, 1.807) is 0 Å². The van der Waals surface area contributed by atoms with Crippen LogP contribution in [0.1, 0.15) is 44.2 Å². The second-order valence-corrected chi connectivity index (χ2v) is 9.06. The molecular weight excluding hydrogens is 434 g/mol. The van der Waals surface area contributed by atoms with E-state index in [0.29, 0.717) is 12.6 Å². The summed E-state index contributed by atoms with van der Waals surface area (Å²) in [6.45, 7) is 6.59. The van der Waals surface area contributed by atoms with Gasteiger partial charge in [-0.15, -0.1) is 0 Å². The van der Waals surface area contributed by atoms with Gasteiger partial charge in [0.05, 0.1) is 6.42 Å². The van der Waals surface area contributed by atoms with E-state index in [2.05, 4.69) is 15.5 Å². The molecule has 0 spiro atoms. The van der Waals surface area contributed by atoms with Crippen molar-refractivity contribution in [3.05, 3.63) is 59.7 Å². The molecule has 0 radical (unpaired) electrons. The van der Waals surface area contributed by atoms with Gasteiger partial charge in [-0.1, -0.05) is 48.5 Å². The first-order valence-electron chi connectivity index (χ1n) is 11.5. The number of benzene rings is 2. The lowest BCUT2D eigenvalue weighted by Crippen LogP contribution is -2.52. The molecule has 0 bridgehead atoms. The van der Waals surface area contributed by atoms with E-state index in [-0.39, 0.29) is 18.6 Å². The van der Waals surface area contributed by atoms with E-state index in [0.717, 1.165) is 22.3 Å². The highest BCUT2D eigenvalue weighted by Gasteiger charge is 2.30. The predicted molar refractivity (Wildman–Crippen MR) is 130 cm³/mol. The fourth-order valence-electron chi connectivity index (χ4n) is 4.20. The molecule has 0 fully saturated rings. The molecule has 34 heavy (non-hydrogen) atoms. The van der Waals surface area contributed by atoms with Gasteiger partial charge < -0.3 is 25.4 Å². The number of aliphatic carboxylic acids is 1. The first-order valence-corrected chi connectivity index (χ1v) is 11.5. The molecule has 0 aromatic heterocycles. The first-order chi connectivity index (χ1) is 16.2. The molecule has 2 aromatic rings. The van der Waals surface area contributed by atoms with Crippen molar-refractivity contribution in [3.63, 3.8) is 0 Å². The molecule has 0 aliphatic heterocycles. The van der Waals surface area contributed by atoms with Crippen molar-refractivity contribution >= 4 is 18.0 Å². The van der Waals surface area contributed by atoms with E-state index >= 15 is 0 Å². The Morgan fingerprint density at radius 1 is 0.971 bits per heavy atom. The Morgan fingerprint density at radius 3 is 2.06 bits per heavy atom. The number of amides is 2. The predicted octanol–water partition coefficient (Wildman–Crippen LogP) is 3.21. The lowest BCUT2D eigenvalue weighted by molar-refractivity contribution is -0.140. The maximum absolute atomic E-state index is 12.7. The smallest absolute Gasteiger partial charge is 0.407 e. The molecule has 2 amide bonds. The number of ether oxygens (including phenoxy) is 1. The topological polar surface area (TPSA) is 108 Å². The zero-order valence-electron chi connectivity index (χ0n) is 20.1. The number of hydrogen-bond donors (Lipinski definition) is 3. The second kappa shape index (κ2) is 11.2. The fourth-order valence-corrected chi connectivity index (χ4v) is 4.20. The summed E-state index contributed by atoms with van der Waals surface area (Å²) in [5.74, 6) is -1.87. The van der Waals surface area contributed by atoms with Crippen LogP contribution in [0.5, 0.6) is 0 Å². The SMILES string of the molecule is CC(C)N(C)C[C@H](C)NC(=O)C(CC(=O)O)NC(=O)OCC1c2ccccc2-c2ccccc21. The number of carboxylic acids is 1. The van der Waals surface area contributed by atoms with Gasteiger partial charge >= 0.3 is 12.1 Å². The van der Waals surface area contributed by atoms with Crippen LogP contribution in [0.25, 0.3) is 11.1 Å². The maximum atomic E-state index is 12.7. The molecule has 2 aromatic carbocycles. The summed E-state index contributed by atoms with van der Waals surface area (Å²) in [6.07, 6.45) is -1.36. The number of nitrogens with zero attached hydrogens (tertiary/aromatic N) is 1. The van der Waals surface area contributed by atoms with E-state index in [1.807, 2.05) is 76.3 Å². The highest BCUT2D eigenvalue weighted by Crippen LogP contribution is 2.44. The Morgan fingerprint density at radius 2 is 1.53 bits per heavy atom. The fraction of sp³-hybridized carbons (Fsp3) is 0.423. The van der Waals surface area contributed by atoms with Gasteiger partial charge in [-0.25, -0.2) is 4.79 Å². The number of alkyl carbamates (subject to hydrolysis) is 1. The van der Waals surface area contributed by atoms with Crippen LogP contribution in [0, 0.1) is 0 Å². The van der Waals surface area contributed by atoms with E-state index in [1.165, 1.54) is 0 Å². The number of rotatable bonds is 10. The molecule has 1 aliphatic rings. The summed E-state index contributed by atoms with van der Waals surface area (Å²) in [5, 5.41) is 14.5. The maximum Gasteiger partial charge on any atom is 0.407 e. The third-order valence-electron chi connectivity index (χ3n) is 6.16. The minimum Gasteiger partial charge on any atom is -0.481 e. The van der Waals surface area contributed by atoms with Gasteiger partial charge in [0.1, 0.15) is 12.6 Å². The van der Waals surface area contributed by atoms with Crippen LogP contribution < -0.4 is 10.6 Å². The number of carbonyl (C=O) groups excluding carboxylic acids is 2. The summed E-state index contributed by atoms with van der Waals surface area (Å²) in [4.78, 5) is 38.6. The minimum atomic E-state index is -1.24. The van der Waals surface area contributed by atoms with Crippen LogP contribution in [-0.2, 0) is 14.3 Å². The summed E-state index contributed by atoms with van der Waals surface area (Å²) in [6, 6.07) is 14.8. The minimum absolute atomic E-state index is 0.0802. The lowest BCUT2D eigenvalue weighted by atomic mass is 9.98. The molecule has 0 heterocycles. The molecule has 0 saturated carbocycles. The number of fused-ring (bicyclic) bond motifs is 3. The van der Waals surface area contributed by atoms with Crippen molar-refractivity contribution < 1.29 is 24.2 Å². The molecule has 0 saturated heterocycles. The van der Waals surface area contributed by atoms with Crippen LogP contribution in [0.4, 0.5) is 4.79 Å². The quantitative estimate of drug-likeness (QED) is 0.495. The van der Waals surface area contributed by atoms with Gasteiger partial charge in [-0.3, -0.25) is 9.59 Å². The van der Waals surface area contributed by atoms with Gasteiger partial charge in [0, 0.05) is 24.5 Å². The van der Waals surface area contributed by atoms with Crippen molar-refractivity contribution in [3.8, 4) is 11.1 Å². The van der Waals surface area contributed by atoms with Crippen molar-refractivity contribution in [2.45, 2.75) is 51.2 Å². The highest BCUT2D eigenvalue weighted by atomic mass is 16.5. The van der Waals surface area contributed by atoms with Crippen LogP contribution in [0.2, 0.25) is 0 Å². The second-order valence-electron chi connectivity index (χ2n) is 9.06. The van der Waals surface area contributed by atoms with Crippen molar-refractivity contribution in [1.29, 1.82) is 0 Å². The molecule has 182 valence electrons. The highest BCUT2D eigenvalue weighted by molar-refractivity contribution is 5.89. The van der Waals surface area contributed by atoms with Crippen LogP contribution in [-0.4, -0.2) is 66.3 Å². The first kappa shape index (κ1) is 25.2. The summed E-state index contributed by atoms with van der Waals surface area (Å²) in [5.41, 5.74) is 4.35. The van der Waals surface area contributed by atoms with Crippen molar-refractivity contribution in [2.75, 3.05) is 20.2 Å². The average Bonchev–Trinajstić information content (AvgIpc) is 3.10. The molecule has 8 nitrogen and oxygen atoms in total. The largest absolute Gasteiger partial charge is 0.481 e. The molecule has 1 aliphatic carbocycles. The van der Waals surface area contributed by atoms with E-state index in [4.69, 9.17) is 4.74 Å². The Labute approximate surface area is 200 Å². The molecule has 2 atom stereocenters. The van der Waals surface area contributed by atoms with Crippen molar-refractivity contribution in [2.24, 2.45) is 0 Å². The van der Waals surface area contributed by atoms with Crippen LogP contribution in [0.3, 0.4) is 0 Å². The monoisotopic (exact) mass is 467 g/mol. The zero-order valence-corrected chi connectivity index (χ0v) is 20.1. The Balaban J connectivity index is 1.62. The van der Waals surface area contributed by atoms with E-state index in [9.17, 15) is 19.5 Å². The van der Waals surface area contributed by atoms with Gasteiger partial charge in [-0.2, -0.15) is 0 Å². The summed E-state index contributed by atoms with van der Waals surface area (Å²) < 4.78 is 5.47. The van der Waals surface area contributed by atoms with E-state index < -0.39 is 30.4 Å². The lowest BCUT2D eigenvalue weighted by Gasteiger charge is -2.26. The number of carboxylic acid groups (broad SMARTS) is 1. The Kier molecular flexibility index (Phi) is 8.28. The van der Waals surface area contributed by atoms with Gasteiger partial charge in [0.25, 0.3) is 0 Å².